The Balaban J connectivity index is 0.000000209. The normalized spacial score (nSPS) is 15.3. The van der Waals surface area contributed by atoms with E-state index in [4.69, 9.17) is 27.0 Å². The van der Waals surface area contributed by atoms with E-state index < -0.39 is 26.5 Å². The topological polar surface area (TPSA) is 141 Å². The highest BCUT2D eigenvalue weighted by molar-refractivity contribution is 7.94. The summed E-state index contributed by atoms with van der Waals surface area (Å²) in [5.41, 5.74) is 5.05. The Hall–Kier alpha value is -2.39. The van der Waals surface area contributed by atoms with Crippen LogP contribution in [0.4, 0.5) is 0 Å². The molecular weight excluding hydrogens is 408 g/mol. The first-order valence-corrected chi connectivity index (χ1v) is 10.2. The molecule has 1 saturated carbocycles. The lowest BCUT2D eigenvalue weighted by molar-refractivity contribution is -0.137. The number of carboxylic acids is 1. The number of benzene rings is 1. The van der Waals surface area contributed by atoms with Gasteiger partial charge in [-0.3, -0.25) is 9.59 Å². The van der Waals surface area contributed by atoms with Gasteiger partial charge in [0.1, 0.15) is 5.76 Å². The third-order valence-corrected chi connectivity index (χ3v) is 6.99. The fraction of sp³-hybridized carbons (Fsp3) is 0.389. The smallest absolute Gasteiger partial charge is 0.325 e. The number of amides is 1. The number of carboxylic acid groups (broad SMARTS) is 1. The average Bonchev–Trinajstić information content (AvgIpc) is 3.25. The van der Waals surface area contributed by atoms with E-state index in [-0.39, 0.29) is 28.8 Å². The SMILES string of the molecule is CC(C)(C)c1cc(C(N)=O)no1.O=C(O)C1(S(=O)(=O)c2ccc(Cl)cc2)CC1. The van der Waals surface area contributed by atoms with Crippen molar-refractivity contribution in [1.82, 2.24) is 5.16 Å². The van der Waals surface area contributed by atoms with Crippen LogP contribution in [0, 0.1) is 0 Å². The molecule has 1 aromatic heterocycles. The Kier molecular flexibility index (Phi) is 5.91. The van der Waals surface area contributed by atoms with Gasteiger partial charge in [-0.05, 0) is 37.1 Å². The van der Waals surface area contributed by atoms with Crippen LogP contribution in [0.2, 0.25) is 5.02 Å². The second-order valence-corrected chi connectivity index (χ2v) is 10.1. The Morgan fingerprint density at radius 2 is 1.75 bits per heavy atom. The highest BCUT2D eigenvalue weighted by atomic mass is 35.5. The van der Waals surface area contributed by atoms with Crippen molar-refractivity contribution in [3.8, 4) is 0 Å². The van der Waals surface area contributed by atoms with Gasteiger partial charge in [-0.25, -0.2) is 8.42 Å². The van der Waals surface area contributed by atoms with Gasteiger partial charge in [0.05, 0.1) is 4.90 Å². The number of rotatable bonds is 4. The average molecular weight is 429 g/mol. The fourth-order valence-electron chi connectivity index (χ4n) is 2.30. The number of aliphatic carboxylic acids is 1. The molecule has 8 nitrogen and oxygen atoms in total. The zero-order valence-corrected chi connectivity index (χ0v) is 17.2. The van der Waals surface area contributed by atoms with Crippen LogP contribution >= 0.6 is 11.6 Å². The molecule has 1 aliphatic carbocycles. The molecule has 1 aromatic carbocycles. The van der Waals surface area contributed by atoms with Gasteiger partial charge in [0.2, 0.25) is 0 Å². The summed E-state index contributed by atoms with van der Waals surface area (Å²) in [7, 11) is -3.80. The van der Waals surface area contributed by atoms with Crippen molar-refractivity contribution >= 4 is 33.3 Å². The summed E-state index contributed by atoms with van der Waals surface area (Å²) in [5, 5.41) is 12.9. The van der Waals surface area contributed by atoms with Crippen molar-refractivity contribution in [1.29, 1.82) is 0 Å². The van der Waals surface area contributed by atoms with Crippen LogP contribution in [-0.4, -0.2) is 35.3 Å². The summed E-state index contributed by atoms with van der Waals surface area (Å²) >= 11 is 5.64. The Bertz CT molecular complexity index is 986. The minimum atomic E-state index is -3.80. The largest absolute Gasteiger partial charge is 0.480 e. The van der Waals surface area contributed by atoms with Crippen molar-refractivity contribution in [2.45, 2.75) is 48.7 Å². The molecule has 0 bridgehead atoms. The van der Waals surface area contributed by atoms with Crippen molar-refractivity contribution in [2.24, 2.45) is 5.73 Å². The predicted molar refractivity (Wildman–Crippen MR) is 102 cm³/mol. The lowest BCUT2D eigenvalue weighted by Crippen LogP contribution is -2.32. The summed E-state index contributed by atoms with van der Waals surface area (Å²) < 4.78 is 27.4. The summed E-state index contributed by atoms with van der Waals surface area (Å²) in [5.74, 6) is -1.17. The fourth-order valence-corrected chi connectivity index (χ4v) is 4.24. The van der Waals surface area contributed by atoms with E-state index >= 15 is 0 Å². The summed E-state index contributed by atoms with van der Waals surface area (Å²) in [6, 6.07) is 7.11. The molecular formula is C18H21ClN2O6S. The van der Waals surface area contributed by atoms with E-state index in [1.54, 1.807) is 6.07 Å². The van der Waals surface area contributed by atoms with E-state index in [1.165, 1.54) is 24.3 Å². The number of hydrogen-bond donors (Lipinski definition) is 2. The molecule has 1 heterocycles. The lowest BCUT2D eigenvalue weighted by Gasteiger charge is -2.11. The third-order valence-electron chi connectivity index (χ3n) is 4.23. The van der Waals surface area contributed by atoms with Gasteiger partial charge in [0, 0.05) is 16.5 Å². The molecule has 3 rings (SSSR count). The van der Waals surface area contributed by atoms with Crippen LogP contribution in [0.5, 0.6) is 0 Å². The molecule has 3 N–H and O–H groups in total. The maximum Gasteiger partial charge on any atom is 0.325 e. The second kappa shape index (κ2) is 7.56. The molecule has 152 valence electrons. The van der Waals surface area contributed by atoms with Crippen molar-refractivity contribution < 1.29 is 27.6 Å². The van der Waals surface area contributed by atoms with Gasteiger partial charge in [-0.15, -0.1) is 0 Å². The molecule has 0 saturated heterocycles. The molecule has 0 spiro atoms. The van der Waals surface area contributed by atoms with E-state index in [0.29, 0.717) is 10.8 Å². The molecule has 2 aromatic rings. The summed E-state index contributed by atoms with van der Waals surface area (Å²) in [4.78, 5) is 21.6. The maximum absolute atomic E-state index is 12.0. The number of halogens is 1. The highest BCUT2D eigenvalue weighted by Crippen LogP contribution is 2.47. The van der Waals surface area contributed by atoms with Gasteiger partial charge in [0.15, 0.2) is 20.3 Å². The molecule has 0 atom stereocenters. The number of primary amides is 1. The van der Waals surface area contributed by atoms with Gasteiger partial charge in [-0.2, -0.15) is 0 Å². The molecule has 0 unspecified atom stereocenters. The van der Waals surface area contributed by atoms with Crippen molar-refractivity contribution in [2.75, 3.05) is 0 Å². The number of sulfone groups is 1. The van der Waals surface area contributed by atoms with Gasteiger partial charge in [-0.1, -0.05) is 37.5 Å². The van der Waals surface area contributed by atoms with Crippen LogP contribution in [0.15, 0.2) is 39.8 Å². The molecule has 10 heteroatoms. The second-order valence-electron chi connectivity index (χ2n) is 7.45. The lowest BCUT2D eigenvalue weighted by atomic mass is 9.93. The Morgan fingerprint density at radius 3 is 2.07 bits per heavy atom. The molecule has 1 amide bonds. The molecule has 1 fully saturated rings. The van der Waals surface area contributed by atoms with Crippen molar-refractivity contribution in [3.63, 3.8) is 0 Å². The number of hydrogen-bond acceptors (Lipinski definition) is 6. The minimum absolute atomic E-state index is 0.0109. The van der Waals surface area contributed by atoms with E-state index in [9.17, 15) is 18.0 Å². The van der Waals surface area contributed by atoms with Gasteiger partial charge >= 0.3 is 5.97 Å². The number of carbonyl (C=O) groups excluding carboxylic acids is 1. The molecule has 1 aliphatic rings. The van der Waals surface area contributed by atoms with Crippen LogP contribution in [0.25, 0.3) is 0 Å². The Labute approximate surface area is 167 Å². The van der Waals surface area contributed by atoms with E-state index in [0.717, 1.165) is 0 Å². The predicted octanol–water partition coefficient (Wildman–Crippen LogP) is 2.80. The number of aromatic nitrogens is 1. The summed E-state index contributed by atoms with van der Waals surface area (Å²) in [6.45, 7) is 5.91. The highest BCUT2D eigenvalue weighted by Gasteiger charge is 2.61. The number of carbonyl (C=O) groups is 2. The molecule has 28 heavy (non-hydrogen) atoms. The van der Waals surface area contributed by atoms with Crippen LogP contribution in [0.3, 0.4) is 0 Å². The monoisotopic (exact) mass is 428 g/mol. The quantitative estimate of drug-likeness (QED) is 0.762. The van der Waals surface area contributed by atoms with Gasteiger partial charge < -0.3 is 15.4 Å². The van der Waals surface area contributed by atoms with E-state index in [2.05, 4.69) is 5.16 Å². The maximum atomic E-state index is 12.0. The minimum Gasteiger partial charge on any atom is -0.480 e. The number of nitrogens with zero attached hydrogens (tertiary/aromatic N) is 1. The first-order chi connectivity index (χ1) is 12.8. The zero-order chi connectivity index (χ0) is 21.3. The number of nitrogens with two attached hydrogens (primary N) is 1. The van der Waals surface area contributed by atoms with Crippen molar-refractivity contribution in [3.05, 3.63) is 46.8 Å². The third kappa shape index (κ3) is 4.36. The van der Waals surface area contributed by atoms with Crippen LogP contribution in [0.1, 0.15) is 49.9 Å². The zero-order valence-electron chi connectivity index (χ0n) is 15.6. The standard InChI is InChI=1S/C10H9ClO4S.C8H12N2O2/c11-7-1-3-8(4-2-7)16(14,15)10(5-6-10)9(12)13;1-8(2,3)6-4-5(7(9)11)10-12-6/h1-4H,5-6H2,(H,12,13);4H,1-3H3,(H2,9,11). The molecule has 0 aliphatic heterocycles. The molecule has 0 radical (unpaired) electrons. The van der Waals surface area contributed by atoms with Crippen LogP contribution in [-0.2, 0) is 20.0 Å². The first-order valence-electron chi connectivity index (χ1n) is 8.32. The van der Waals surface area contributed by atoms with E-state index in [1.807, 2.05) is 20.8 Å². The van der Waals surface area contributed by atoms with Gasteiger partial charge in [0.25, 0.3) is 5.91 Å². The Morgan fingerprint density at radius 1 is 1.21 bits per heavy atom. The van der Waals surface area contributed by atoms with Crippen LogP contribution < -0.4 is 5.73 Å². The first kappa shape index (κ1) is 21.9. The summed E-state index contributed by atoms with van der Waals surface area (Å²) in [6.07, 6.45) is 0.348.